The number of pyridine rings is 1. The third-order valence-corrected chi connectivity index (χ3v) is 3.92. The Hall–Kier alpha value is -1.34. The monoisotopic (exact) mass is 259 g/mol. The molecule has 0 bridgehead atoms. The average Bonchev–Trinajstić information content (AvgIpc) is 2.46. The first-order valence-electron chi connectivity index (χ1n) is 6.35. The fraction of sp³-hybridized carbons (Fsp3) is 0.312. The quantitative estimate of drug-likeness (QED) is 0.724. The highest BCUT2D eigenvalue weighted by Crippen LogP contribution is 2.26. The molecular weight excluding hydrogens is 242 g/mol. The number of halogens is 1. The van der Waals surface area contributed by atoms with Crippen LogP contribution in [0.1, 0.15) is 30.4 Å². The zero-order valence-corrected chi connectivity index (χ0v) is 11.3. The molecule has 0 saturated heterocycles. The van der Waals surface area contributed by atoms with E-state index in [4.69, 9.17) is 11.6 Å². The largest absolute Gasteiger partial charge is 0.265 e. The van der Waals surface area contributed by atoms with Gasteiger partial charge in [0.25, 0.3) is 0 Å². The molecule has 2 atom stereocenters. The molecule has 0 radical (unpaired) electrons. The molecule has 0 amide bonds. The van der Waals surface area contributed by atoms with Gasteiger partial charge in [-0.05, 0) is 42.0 Å². The topological polar surface area (TPSA) is 12.9 Å². The summed E-state index contributed by atoms with van der Waals surface area (Å²) >= 11 is 6.50. The summed E-state index contributed by atoms with van der Waals surface area (Å²) in [6.45, 7) is 2.18. The molecule has 18 heavy (non-hydrogen) atoms. The van der Waals surface area contributed by atoms with Gasteiger partial charge in [-0.15, -0.1) is 11.6 Å². The minimum atomic E-state index is 0.160. The smallest absolute Gasteiger partial charge is 0.0405 e. The number of aromatic nitrogens is 1. The molecule has 0 aliphatic heterocycles. The summed E-state index contributed by atoms with van der Waals surface area (Å²) in [6.07, 6.45) is 5.68. The number of hydrogen-bond acceptors (Lipinski definition) is 1. The van der Waals surface area contributed by atoms with E-state index in [2.05, 4.69) is 36.2 Å². The molecule has 0 spiro atoms. The lowest BCUT2D eigenvalue weighted by atomic mass is 9.94. The summed E-state index contributed by atoms with van der Waals surface area (Å²) < 4.78 is 0. The third-order valence-electron chi connectivity index (χ3n) is 3.33. The molecule has 0 fully saturated rings. The van der Waals surface area contributed by atoms with Crippen LogP contribution < -0.4 is 0 Å². The Morgan fingerprint density at radius 2 is 1.72 bits per heavy atom. The van der Waals surface area contributed by atoms with E-state index in [1.807, 2.05) is 30.6 Å². The molecule has 1 heterocycles. The first-order valence-corrected chi connectivity index (χ1v) is 6.79. The zero-order valence-electron chi connectivity index (χ0n) is 10.6. The van der Waals surface area contributed by atoms with Crippen LogP contribution in [0.2, 0.25) is 0 Å². The van der Waals surface area contributed by atoms with Crippen molar-refractivity contribution in [3.05, 3.63) is 66.0 Å². The molecule has 2 aromatic rings. The first-order chi connectivity index (χ1) is 8.77. The van der Waals surface area contributed by atoms with Gasteiger partial charge in [0.1, 0.15) is 0 Å². The highest BCUT2D eigenvalue weighted by Gasteiger charge is 2.16. The van der Waals surface area contributed by atoms with Crippen LogP contribution in [0.25, 0.3) is 0 Å². The summed E-state index contributed by atoms with van der Waals surface area (Å²) in [6, 6.07) is 14.6. The van der Waals surface area contributed by atoms with Gasteiger partial charge < -0.3 is 0 Å². The first kappa shape index (κ1) is 13.1. The van der Waals surface area contributed by atoms with Crippen LogP contribution >= 0.6 is 11.6 Å². The fourth-order valence-corrected chi connectivity index (χ4v) is 2.33. The number of rotatable bonds is 5. The van der Waals surface area contributed by atoms with E-state index in [1.165, 1.54) is 11.1 Å². The molecule has 2 unspecified atom stereocenters. The van der Waals surface area contributed by atoms with Crippen LogP contribution in [0.4, 0.5) is 0 Å². The van der Waals surface area contributed by atoms with Crippen molar-refractivity contribution in [1.82, 2.24) is 4.98 Å². The molecule has 94 valence electrons. The van der Waals surface area contributed by atoms with Crippen molar-refractivity contribution in [2.75, 3.05) is 0 Å². The lowest BCUT2D eigenvalue weighted by Crippen LogP contribution is -2.11. The van der Waals surface area contributed by atoms with Gasteiger partial charge in [0.05, 0.1) is 0 Å². The van der Waals surface area contributed by atoms with Gasteiger partial charge in [-0.2, -0.15) is 0 Å². The van der Waals surface area contributed by atoms with Crippen molar-refractivity contribution >= 4 is 11.6 Å². The summed E-state index contributed by atoms with van der Waals surface area (Å²) in [7, 11) is 0. The lowest BCUT2D eigenvalue weighted by molar-refractivity contribution is 0.642. The van der Waals surface area contributed by atoms with Crippen LogP contribution in [-0.2, 0) is 6.42 Å². The normalized spacial score (nSPS) is 14.1. The molecular formula is C16H18ClN. The number of aryl methyl sites for hydroxylation is 1. The highest BCUT2D eigenvalue weighted by molar-refractivity contribution is 6.21. The minimum absolute atomic E-state index is 0.160. The molecule has 0 saturated carbocycles. The van der Waals surface area contributed by atoms with E-state index in [9.17, 15) is 0 Å². The molecule has 1 nitrogen and oxygen atoms in total. The molecule has 2 heteroatoms. The van der Waals surface area contributed by atoms with Crippen molar-refractivity contribution in [2.24, 2.45) is 0 Å². The van der Waals surface area contributed by atoms with Gasteiger partial charge in [-0.3, -0.25) is 4.98 Å². The number of hydrogen-bond donors (Lipinski definition) is 0. The lowest BCUT2D eigenvalue weighted by Gasteiger charge is -2.18. The van der Waals surface area contributed by atoms with Crippen LogP contribution in [0.5, 0.6) is 0 Å². The van der Waals surface area contributed by atoms with Crippen molar-refractivity contribution < 1.29 is 0 Å². The van der Waals surface area contributed by atoms with Gasteiger partial charge in [0.2, 0.25) is 0 Å². The SMILES string of the molecule is CC(c1ccncc1)C(Cl)CCc1ccccc1. The Kier molecular flexibility index (Phi) is 4.77. The molecule has 0 aliphatic rings. The van der Waals surface area contributed by atoms with Gasteiger partial charge in [-0.25, -0.2) is 0 Å². The summed E-state index contributed by atoms with van der Waals surface area (Å²) in [5.41, 5.74) is 2.61. The molecule has 1 aromatic heterocycles. The summed E-state index contributed by atoms with van der Waals surface area (Å²) in [5.74, 6) is 0.360. The van der Waals surface area contributed by atoms with E-state index in [0.717, 1.165) is 12.8 Å². The third kappa shape index (κ3) is 3.58. The Balaban J connectivity index is 1.90. The van der Waals surface area contributed by atoms with E-state index in [1.54, 1.807) is 0 Å². The van der Waals surface area contributed by atoms with Crippen LogP contribution in [0.3, 0.4) is 0 Å². The number of benzene rings is 1. The number of nitrogens with zero attached hydrogens (tertiary/aromatic N) is 1. The Bertz CT molecular complexity index is 455. The van der Waals surface area contributed by atoms with Gasteiger partial charge in [-0.1, -0.05) is 37.3 Å². The Labute approximate surface area is 114 Å². The molecule has 1 aromatic carbocycles. The van der Waals surface area contributed by atoms with Crippen molar-refractivity contribution in [3.63, 3.8) is 0 Å². The Morgan fingerprint density at radius 1 is 1.06 bits per heavy atom. The predicted octanol–water partition coefficient (Wildman–Crippen LogP) is 4.43. The van der Waals surface area contributed by atoms with Crippen molar-refractivity contribution in [2.45, 2.75) is 31.1 Å². The van der Waals surface area contributed by atoms with Gasteiger partial charge in [0, 0.05) is 17.8 Å². The van der Waals surface area contributed by atoms with E-state index >= 15 is 0 Å². The number of alkyl halides is 1. The van der Waals surface area contributed by atoms with E-state index in [0.29, 0.717) is 5.92 Å². The maximum Gasteiger partial charge on any atom is 0.0405 e. The molecule has 0 aliphatic carbocycles. The zero-order chi connectivity index (χ0) is 12.8. The molecule has 2 rings (SSSR count). The van der Waals surface area contributed by atoms with Crippen molar-refractivity contribution in [1.29, 1.82) is 0 Å². The highest BCUT2D eigenvalue weighted by atomic mass is 35.5. The van der Waals surface area contributed by atoms with E-state index < -0.39 is 0 Å². The van der Waals surface area contributed by atoms with Crippen LogP contribution in [0, 0.1) is 0 Å². The average molecular weight is 260 g/mol. The van der Waals surface area contributed by atoms with E-state index in [-0.39, 0.29) is 5.38 Å². The molecule has 0 N–H and O–H groups in total. The maximum absolute atomic E-state index is 6.50. The fourth-order valence-electron chi connectivity index (χ4n) is 2.08. The maximum atomic E-state index is 6.50. The second kappa shape index (κ2) is 6.55. The predicted molar refractivity (Wildman–Crippen MR) is 77.1 cm³/mol. The van der Waals surface area contributed by atoms with Gasteiger partial charge >= 0.3 is 0 Å². The second-order valence-corrected chi connectivity index (χ2v) is 5.17. The van der Waals surface area contributed by atoms with Crippen molar-refractivity contribution in [3.8, 4) is 0 Å². The van der Waals surface area contributed by atoms with Crippen LogP contribution in [0.15, 0.2) is 54.9 Å². The standard InChI is InChI=1S/C16H18ClN/c1-13(15-9-11-18-12-10-15)16(17)8-7-14-5-3-2-4-6-14/h2-6,9-13,16H,7-8H2,1H3. The second-order valence-electron chi connectivity index (χ2n) is 4.61. The minimum Gasteiger partial charge on any atom is -0.265 e. The Morgan fingerprint density at radius 3 is 2.39 bits per heavy atom. The summed E-state index contributed by atoms with van der Waals surface area (Å²) in [5, 5.41) is 0.160. The van der Waals surface area contributed by atoms with Gasteiger partial charge in [0.15, 0.2) is 0 Å². The summed E-state index contributed by atoms with van der Waals surface area (Å²) in [4.78, 5) is 4.04. The van der Waals surface area contributed by atoms with Crippen LogP contribution in [-0.4, -0.2) is 10.4 Å².